The van der Waals surface area contributed by atoms with E-state index < -0.39 is 0 Å². The first-order valence-electron chi connectivity index (χ1n) is 5.47. The summed E-state index contributed by atoms with van der Waals surface area (Å²) in [5, 5.41) is 1.64. The van der Waals surface area contributed by atoms with Gasteiger partial charge in [0.2, 0.25) is 0 Å². The van der Waals surface area contributed by atoms with Crippen LogP contribution in [0, 0.1) is 6.92 Å². The summed E-state index contributed by atoms with van der Waals surface area (Å²) >= 11 is 18.4. The summed E-state index contributed by atoms with van der Waals surface area (Å²) in [6, 6.07) is 9.39. The third-order valence-electron chi connectivity index (χ3n) is 2.80. The highest BCUT2D eigenvalue weighted by atomic mass is 35.5. The van der Waals surface area contributed by atoms with Crippen molar-refractivity contribution in [3.8, 4) is 11.1 Å². The number of nitrogens with two attached hydrogens (primary N) is 1. The van der Waals surface area contributed by atoms with Crippen LogP contribution in [0.5, 0.6) is 0 Å². The fourth-order valence-corrected chi connectivity index (χ4v) is 2.95. The SMILES string of the molecule is Cc1cc(CN)ccc1-c1c(Cl)cc(Cl)cc1Cl. The zero-order valence-electron chi connectivity index (χ0n) is 9.81. The molecule has 0 amide bonds. The molecule has 0 radical (unpaired) electrons. The Bertz CT molecular complexity index is 571. The monoisotopic (exact) mass is 299 g/mol. The van der Waals surface area contributed by atoms with Gasteiger partial charge in [-0.25, -0.2) is 0 Å². The molecule has 0 heterocycles. The average Bonchev–Trinajstić information content (AvgIpc) is 2.29. The van der Waals surface area contributed by atoms with Crippen LogP contribution >= 0.6 is 34.8 Å². The minimum atomic E-state index is 0.517. The third-order valence-corrected chi connectivity index (χ3v) is 3.62. The predicted molar refractivity (Wildman–Crippen MR) is 79.5 cm³/mol. The summed E-state index contributed by atoms with van der Waals surface area (Å²) in [4.78, 5) is 0. The quantitative estimate of drug-likeness (QED) is 0.822. The Kier molecular flexibility index (Phi) is 4.18. The highest BCUT2D eigenvalue weighted by Crippen LogP contribution is 2.38. The molecular formula is C14H12Cl3N. The number of rotatable bonds is 2. The fraction of sp³-hybridized carbons (Fsp3) is 0.143. The Morgan fingerprint density at radius 2 is 1.61 bits per heavy atom. The van der Waals surface area contributed by atoms with E-state index in [0.29, 0.717) is 21.6 Å². The Morgan fingerprint density at radius 3 is 2.11 bits per heavy atom. The van der Waals surface area contributed by atoms with Gasteiger partial charge in [0, 0.05) is 17.1 Å². The van der Waals surface area contributed by atoms with Crippen LogP contribution in [0.3, 0.4) is 0 Å². The van der Waals surface area contributed by atoms with Crippen LogP contribution in [-0.2, 0) is 6.54 Å². The summed E-state index contributed by atoms with van der Waals surface area (Å²) in [6.07, 6.45) is 0. The van der Waals surface area contributed by atoms with Crippen molar-refractivity contribution in [3.05, 3.63) is 56.5 Å². The molecule has 0 spiro atoms. The Labute approximate surface area is 121 Å². The summed E-state index contributed by atoms with van der Waals surface area (Å²) in [5.74, 6) is 0. The first-order valence-corrected chi connectivity index (χ1v) is 6.61. The van der Waals surface area contributed by atoms with E-state index in [-0.39, 0.29) is 0 Å². The second-order valence-corrected chi connectivity index (χ2v) is 5.35. The summed E-state index contributed by atoms with van der Waals surface area (Å²) in [5.41, 5.74) is 9.59. The predicted octanol–water partition coefficient (Wildman–Crippen LogP) is 5.08. The van der Waals surface area contributed by atoms with E-state index in [4.69, 9.17) is 40.5 Å². The lowest BCUT2D eigenvalue weighted by Crippen LogP contribution is -1.97. The van der Waals surface area contributed by atoms with E-state index in [1.165, 1.54) is 0 Å². The van der Waals surface area contributed by atoms with E-state index in [1.54, 1.807) is 12.1 Å². The van der Waals surface area contributed by atoms with Gasteiger partial charge >= 0.3 is 0 Å². The third kappa shape index (κ3) is 2.65. The van der Waals surface area contributed by atoms with Crippen molar-refractivity contribution in [2.24, 2.45) is 5.73 Å². The Balaban J connectivity index is 2.62. The maximum atomic E-state index is 6.22. The molecule has 0 aromatic heterocycles. The minimum absolute atomic E-state index is 0.517. The maximum Gasteiger partial charge on any atom is 0.0514 e. The number of hydrogen-bond acceptors (Lipinski definition) is 1. The molecule has 0 saturated heterocycles. The second-order valence-electron chi connectivity index (χ2n) is 4.10. The van der Waals surface area contributed by atoms with Crippen LogP contribution < -0.4 is 5.73 Å². The smallest absolute Gasteiger partial charge is 0.0514 e. The van der Waals surface area contributed by atoms with Gasteiger partial charge in [-0.2, -0.15) is 0 Å². The van der Waals surface area contributed by atoms with Crippen molar-refractivity contribution < 1.29 is 0 Å². The first-order chi connectivity index (χ1) is 8.52. The lowest BCUT2D eigenvalue weighted by molar-refractivity contribution is 1.07. The minimum Gasteiger partial charge on any atom is -0.326 e. The van der Waals surface area contributed by atoms with E-state index in [9.17, 15) is 0 Å². The molecule has 2 aromatic rings. The molecule has 18 heavy (non-hydrogen) atoms. The summed E-state index contributed by atoms with van der Waals surface area (Å²) < 4.78 is 0. The second kappa shape index (κ2) is 5.50. The van der Waals surface area contributed by atoms with Crippen LogP contribution in [-0.4, -0.2) is 0 Å². The van der Waals surface area contributed by atoms with Crippen molar-refractivity contribution in [2.45, 2.75) is 13.5 Å². The average molecular weight is 301 g/mol. The summed E-state index contributed by atoms with van der Waals surface area (Å²) in [7, 11) is 0. The van der Waals surface area contributed by atoms with Gasteiger partial charge in [-0.15, -0.1) is 0 Å². The zero-order valence-corrected chi connectivity index (χ0v) is 12.1. The van der Waals surface area contributed by atoms with E-state index in [0.717, 1.165) is 22.3 Å². The zero-order chi connectivity index (χ0) is 13.3. The van der Waals surface area contributed by atoms with Crippen LogP contribution in [0.2, 0.25) is 15.1 Å². The van der Waals surface area contributed by atoms with E-state index >= 15 is 0 Å². The highest BCUT2D eigenvalue weighted by molar-refractivity contribution is 6.41. The van der Waals surface area contributed by atoms with Crippen molar-refractivity contribution in [2.75, 3.05) is 0 Å². The number of aryl methyl sites for hydroxylation is 1. The molecule has 0 saturated carbocycles. The largest absolute Gasteiger partial charge is 0.326 e. The number of benzene rings is 2. The van der Waals surface area contributed by atoms with Gasteiger partial charge in [-0.1, -0.05) is 53.0 Å². The number of hydrogen-bond donors (Lipinski definition) is 1. The molecule has 0 fully saturated rings. The lowest BCUT2D eigenvalue weighted by atomic mass is 9.98. The molecule has 4 heteroatoms. The molecule has 0 bridgehead atoms. The van der Waals surface area contributed by atoms with Crippen molar-refractivity contribution in [1.82, 2.24) is 0 Å². The molecule has 0 aliphatic rings. The maximum absolute atomic E-state index is 6.22. The van der Waals surface area contributed by atoms with Crippen molar-refractivity contribution >= 4 is 34.8 Å². The molecule has 2 N–H and O–H groups in total. The van der Waals surface area contributed by atoms with Gasteiger partial charge in [0.05, 0.1) is 10.0 Å². The van der Waals surface area contributed by atoms with Gasteiger partial charge < -0.3 is 5.73 Å². The Morgan fingerprint density at radius 1 is 1.00 bits per heavy atom. The molecular weight excluding hydrogens is 289 g/mol. The van der Waals surface area contributed by atoms with Crippen LogP contribution in [0.25, 0.3) is 11.1 Å². The topological polar surface area (TPSA) is 26.0 Å². The van der Waals surface area contributed by atoms with Crippen molar-refractivity contribution in [3.63, 3.8) is 0 Å². The first kappa shape index (κ1) is 13.7. The summed E-state index contributed by atoms with van der Waals surface area (Å²) in [6.45, 7) is 2.53. The molecule has 0 aliphatic heterocycles. The molecule has 94 valence electrons. The standard InChI is InChI=1S/C14H12Cl3N/c1-8-4-9(7-18)2-3-11(8)14-12(16)5-10(15)6-13(14)17/h2-6H,7,18H2,1H3. The number of halogens is 3. The molecule has 2 rings (SSSR count). The van der Waals surface area contributed by atoms with Gasteiger partial charge in [0.15, 0.2) is 0 Å². The lowest BCUT2D eigenvalue weighted by Gasteiger charge is -2.12. The molecule has 2 aromatic carbocycles. The normalized spacial score (nSPS) is 10.7. The van der Waals surface area contributed by atoms with Gasteiger partial charge in [-0.3, -0.25) is 0 Å². The van der Waals surface area contributed by atoms with Gasteiger partial charge in [0.1, 0.15) is 0 Å². The van der Waals surface area contributed by atoms with E-state index in [2.05, 4.69) is 0 Å². The highest BCUT2D eigenvalue weighted by Gasteiger charge is 2.12. The molecule has 0 aliphatic carbocycles. The fourth-order valence-electron chi connectivity index (χ4n) is 1.93. The Hall–Kier alpha value is -0.730. The molecule has 1 nitrogen and oxygen atoms in total. The molecule has 0 unspecified atom stereocenters. The van der Waals surface area contributed by atoms with Crippen LogP contribution in [0.15, 0.2) is 30.3 Å². The van der Waals surface area contributed by atoms with Crippen LogP contribution in [0.1, 0.15) is 11.1 Å². The van der Waals surface area contributed by atoms with Gasteiger partial charge in [0.25, 0.3) is 0 Å². The van der Waals surface area contributed by atoms with Crippen LogP contribution in [0.4, 0.5) is 0 Å². The van der Waals surface area contributed by atoms with E-state index in [1.807, 2.05) is 25.1 Å². The molecule has 0 atom stereocenters. The van der Waals surface area contributed by atoms with Crippen molar-refractivity contribution in [1.29, 1.82) is 0 Å². The van der Waals surface area contributed by atoms with Gasteiger partial charge in [-0.05, 0) is 35.7 Å².